The second kappa shape index (κ2) is 9.14. The number of amides is 2. The summed E-state index contributed by atoms with van der Waals surface area (Å²) in [5, 5.41) is 4.19. The Morgan fingerprint density at radius 3 is 2.24 bits per heavy atom. The molecule has 0 aliphatic carbocycles. The van der Waals surface area contributed by atoms with E-state index < -0.39 is 5.97 Å². The normalized spacial score (nSPS) is 13.4. The fraction of sp³-hybridized carbons (Fsp3) is 0.273. The van der Waals surface area contributed by atoms with Crippen molar-refractivity contribution in [2.45, 2.75) is 26.7 Å². The van der Waals surface area contributed by atoms with Crippen molar-refractivity contribution in [3.05, 3.63) is 65.2 Å². The molecule has 2 aromatic carbocycles. The summed E-state index contributed by atoms with van der Waals surface area (Å²) in [7, 11) is 0. The van der Waals surface area contributed by atoms with Gasteiger partial charge in [-0.1, -0.05) is 29.8 Å². The van der Waals surface area contributed by atoms with E-state index >= 15 is 0 Å². The van der Waals surface area contributed by atoms with Crippen LogP contribution in [0.15, 0.2) is 53.6 Å². The van der Waals surface area contributed by atoms with Crippen molar-refractivity contribution >= 4 is 29.2 Å². The van der Waals surface area contributed by atoms with Gasteiger partial charge in [0.05, 0.1) is 23.4 Å². The van der Waals surface area contributed by atoms with E-state index in [1.54, 1.807) is 31.2 Å². The molecule has 1 heterocycles. The molecule has 0 spiro atoms. The third kappa shape index (κ3) is 4.68. The molecule has 0 fully saturated rings. The molecule has 0 radical (unpaired) electrons. The summed E-state index contributed by atoms with van der Waals surface area (Å²) in [5.41, 5.74) is 5.77. The number of carbonyl (C=O) groups is 3. The van der Waals surface area contributed by atoms with Crippen LogP contribution in [0.5, 0.6) is 0 Å². The smallest absolute Gasteiger partial charge is 0.354 e. The average Bonchev–Trinajstić information content (AvgIpc) is 2.97. The number of ether oxygens (including phenoxy) is 1. The van der Waals surface area contributed by atoms with Gasteiger partial charge in [-0.25, -0.2) is 4.79 Å². The molecule has 0 aromatic heterocycles. The number of nitrogens with one attached hydrogen (secondary N) is 1. The van der Waals surface area contributed by atoms with Crippen LogP contribution in [0.2, 0.25) is 0 Å². The molecule has 0 saturated carbocycles. The van der Waals surface area contributed by atoms with Crippen LogP contribution in [0, 0.1) is 6.92 Å². The van der Waals surface area contributed by atoms with Crippen LogP contribution >= 0.6 is 0 Å². The van der Waals surface area contributed by atoms with Gasteiger partial charge in [0, 0.05) is 13.0 Å². The second-order valence-corrected chi connectivity index (χ2v) is 6.67. The van der Waals surface area contributed by atoms with E-state index in [0.29, 0.717) is 17.5 Å². The number of benzene rings is 2. The lowest BCUT2D eigenvalue weighted by Gasteiger charge is -2.14. The Morgan fingerprint density at radius 2 is 1.66 bits per heavy atom. The third-order valence-electron chi connectivity index (χ3n) is 4.56. The highest BCUT2D eigenvalue weighted by Crippen LogP contribution is 2.22. The number of anilines is 1. The standard InChI is InChI=1S/C22H23N3O4/c1-3-29-22(28)19(24-23-16-12-10-15(2)11-13-16)9-6-14-25-20(26)17-7-4-5-8-18(17)21(25)27/h4-5,7-8,10-13,23H,3,6,9,14H2,1-2H3/b24-19+. The number of carbonyl (C=O) groups excluding carboxylic acids is 3. The molecule has 29 heavy (non-hydrogen) atoms. The number of aryl methyl sites for hydroxylation is 1. The molecule has 2 aromatic rings. The van der Waals surface area contributed by atoms with Gasteiger partial charge in [0.2, 0.25) is 0 Å². The maximum atomic E-state index is 12.4. The second-order valence-electron chi connectivity index (χ2n) is 6.67. The number of imide groups is 1. The van der Waals surface area contributed by atoms with Crippen LogP contribution in [-0.2, 0) is 9.53 Å². The topological polar surface area (TPSA) is 88.1 Å². The minimum absolute atomic E-state index is 0.204. The first-order valence-corrected chi connectivity index (χ1v) is 9.53. The maximum Gasteiger partial charge on any atom is 0.354 e. The number of nitrogens with zero attached hydrogens (tertiary/aromatic N) is 2. The number of fused-ring (bicyclic) bond motifs is 1. The monoisotopic (exact) mass is 393 g/mol. The molecule has 0 unspecified atom stereocenters. The molecular weight excluding hydrogens is 370 g/mol. The first-order valence-electron chi connectivity index (χ1n) is 9.53. The van der Waals surface area contributed by atoms with E-state index in [-0.39, 0.29) is 37.1 Å². The first kappa shape index (κ1) is 20.3. The Balaban J connectivity index is 1.64. The highest BCUT2D eigenvalue weighted by Gasteiger charge is 2.34. The number of hydrogen-bond acceptors (Lipinski definition) is 6. The molecule has 0 atom stereocenters. The molecule has 7 heteroatoms. The number of rotatable bonds is 8. The Hall–Kier alpha value is -3.48. The summed E-state index contributed by atoms with van der Waals surface area (Å²) in [5.74, 6) is -1.13. The molecule has 2 amide bonds. The fourth-order valence-corrected chi connectivity index (χ4v) is 3.02. The molecule has 1 aliphatic rings. The van der Waals surface area contributed by atoms with Crippen molar-refractivity contribution in [3.63, 3.8) is 0 Å². The van der Waals surface area contributed by atoms with E-state index in [1.165, 1.54) is 4.90 Å². The summed E-state index contributed by atoms with van der Waals surface area (Å²) in [6.07, 6.45) is 0.670. The van der Waals surface area contributed by atoms with E-state index in [1.807, 2.05) is 31.2 Å². The van der Waals surface area contributed by atoms with Gasteiger partial charge >= 0.3 is 5.97 Å². The van der Waals surface area contributed by atoms with Gasteiger partial charge in [-0.2, -0.15) is 5.10 Å². The van der Waals surface area contributed by atoms with Crippen molar-refractivity contribution in [2.75, 3.05) is 18.6 Å². The predicted octanol–water partition coefficient (Wildman–Crippen LogP) is 3.40. The van der Waals surface area contributed by atoms with Crippen LogP contribution in [-0.4, -0.2) is 41.5 Å². The molecule has 1 aliphatic heterocycles. The molecule has 3 rings (SSSR count). The van der Waals surface area contributed by atoms with E-state index in [9.17, 15) is 14.4 Å². The molecule has 0 saturated heterocycles. The average molecular weight is 393 g/mol. The van der Waals surface area contributed by atoms with Gasteiger partial charge in [0.25, 0.3) is 11.8 Å². The van der Waals surface area contributed by atoms with Crippen molar-refractivity contribution in [3.8, 4) is 0 Å². The Kier molecular flexibility index (Phi) is 6.39. The van der Waals surface area contributed by atoms with Crippen LogP contribution in [0.1, 0.15) is 46.0 Å². The predicted molar refractivity (Wildman–Crippen MR) is 110 cm³/mol. The SMILES string of the molecule is CCOC(=O)/C(CCCN1C(=O)c2ccccc2C1=O)=N/Nc1ccc(C)cc1. The largest absolute Gasteiger partial charge is 0.461 e. The lowest BCUT2D eigenvalue weighted by molar-refractivity contribution is -0.135. The van der Waals surface area contributed by atoms with E-state index in [4.69, 9.17) is 4.74 Å². The summed E-state index contributed by atoms with van der Waals surface area (Å²) >= 11 is 0. The van der Waals surface area contributed by atoms with Gasteiger partial charge in [0.1, 0.15) is 5.71 Å². The summed E-state index contributed by atoms with van der Waals surface area (Å²) < 4.78 is 5.07. The fourth-order valence-electron chi connectivity index (χ4n) is 3.02. The van der Waals surface area contributed by atoms with E-state index in [2.05, 4.69) is 10.5 Å². The van der Waals surface area contributed by atoms with Gasteiger partial charge in [0.15, 0.2) is 0 Å². The van der Waals surface area contributed by atoms with Gasteiger partial charge in [-0.15, -0.1) is 0 Å². The Labute approximate surface area is 169 Å². The minimum Gasteiger partial charge on any atom is -0.461 e. The van der Waals surface area contributed by atoms with Crippen molar-refractivity contribution < 1.29 is 19.1 Å². The highest BCUT2D eigenvalue weighted by atomic mass is 16.5. The Bertz CT molecular complexity index is 916. The van der Waals surface area contributed by atoms with Gasteiger partial charge in [-0.3, -0.25) is 19.9 Å². The molecule has 150 valence electrons. The zero-order chi connectivity index (χ0) is 20.8. The third-order valence-corrected chi connectivity index (χ3v) is 4.56. The highest BCUT2D eigenvalue weighted by molar-refractivity contribution is 6.36. The molecule has 7 nitrogen and oxygen atoms in total. The van der Waals surface area contributed by atoms with E-state index in [0.717, 1.165) is 11.3 Å². The molecule has 0 bridgehead atoms. The van der Waals surface area contributed by atoms with Crippen molar-refractivity contribution in [1.29, 1.82) is 0 Å². The van der Waals surface area contributed by atoms with Crippen molar-refractivity contribution in [2.24, 2.45) is 5.10 Å². The van der Waals surface area contributed by atoms with Crippen molar-refractivity contribution in [1.82, 2.24) is 4.90 Å². The lowest BCUT2D eigenvalue weighted by Crippen LogP contribution is -2.31. The summed E-state index contributed by atoms with van der Waals surface area (Å²) in [6.45, 7) is 4.15. The Morgan fingerprint density at radius 1 is 1.03 bits per heavy atom. The minimum atomic E-state index is -0.519. The molecule has 1 N–H and O–H groups in total. The van der Waals surface area contributed by atoms with Gasteiger partial charge in [-0.05, 0) is 44.5 Å². The van der Waals surface area contributed by atoms with Gasteiger partial charge < -0.3 is 4.74 Å². The summed E-state index contributed by atoms with van der Waals surface area (Å²) in [6, 6.07) is 14.3. The maximum absolute atomic E-state index is 12.4. The van der Waals surface area contributed by atoms with Crippen LogP contribution in [0.4, 0.5) is 5.69 Å². The van der Waals surface area contributed by atoms with Crippen LogP contribution < -0.4 is 5.43 Å². The van der Waals surface area contributed by atoms with Crippen LogP contribution in [0.3, 0.4) is 0 Å². The van der Waals surface area contributed by atoms with Crippen LogP contribution in [0.25, 0.3) is 0 Å². The first-order chi connectivity index (χ1) is 14.0. The summed E-state index contributed by atoms with van der Waals surface area (Å²) in [4.78, 5) is 38.3. The number of hydrazone groups is 1. The quantitative estimate of drug-likeness (QED) is 0.321. The zero-order valence-corrected chi connectivity index (χ0v) is 16.5. The zero-order valence-electron chi connectivity index (χ0n) is 16.5. The number of hydrogen-bond donors (Lipinski definition) is 1. The number of esters is 1. The molecular formula is C22H23N3O4. The lowest BCUT2D eigenvalue weighted by atomic mass is 10.1.